The average Bonchev–Trinajstić information content (AvgIpc) is 2.87. The zero-order chi connectivity index (χ0) is 16.7. The molecule has 0 saturated carbocycles. The van der Waals surface area contributed by atoms with Crippen LogP contribution >= 0.6 is 0 Å². The molecule has 0 spiro atoms. The number of imide groups is 1. The highest BCUT2D eigenvalue weighted by Crippen LogP contribution is 2.43. The molecule has 1 aliphatic carbocycles. The van der Waals surface area contributed by atoms with Crippen LogP contribution in [0.3, 0.4) is 0 Å². The van der Waals surface area contributed by atoms with Gasteiger partial charge in [-0.05, 0) is 43.0 Å². The van der Waals surface area contributed by atoms with E-state index in [4.69, 9.17) is 4.74 Å². The van der Waals surface area contributed by atoms with Gasteiger partial charge in [0.15, 0.2) is 0 Å². The van der Waals surface area contributed by atoms with Gasteiger partial charge in [-0.2, -0.15) is 0 Å². The Hall–Kier alpha value is -2.46. The van der Waals surface area contributed by atoms with Gasteiger partial charge in [0.05, 0.1) is 23.3 Å². The van der Waals surface area contributed by atoms with Crippen LogP contribution in [0.25, 0.3) is 0 Å². The maximum Gasteiger partial charge on any atom is 0.262 e. The zero-order valence-electron chi connectivity index (χ0n) is 13.6. The van der Waals surface area contributed by atoms with E-state index >= 15 is 0 Å². The number of hydrogen-bond donors (Lipinski definition) is 0. The average molecular weight is 321 g/mol. The molecule has 2 aromatic rings. The van der Waals surface area contributed by atoms with E-state index in [1.54, 1.807) is 24.3 Å². The van der Waals surface area contributed by atoms with Crippen LogP contribution in [0.1, 0.15) is 63.8 Å². The summed E-state index contributed by atoms with van der Waals surface area (Å²) in [5, 5.41) is 0. The molecule has 0 radical (unpaired) electrons. The SMILES string of the molecule is CCO[C@H]1CC[C@H](N2C(=O)c3ccccc3C2=O)c2ccccc21. The molecule has 2 aliphatic rings. The summed E-state index contributed by atoms with van der Waals surface area (Å²) in [5.41, 5.74) is 3.13. The summed E-state index contributed by atoms with van der Waals surface area (Å²) in [6.45, 7) is 2.63. The van der Waals surface area contributed by atoms with Crippen LogP contribution in [-0.4, -0.2) is 23.3 Å². The third-order valence-corrected chi connectivity index (χ3v) is 4.91. The summed E-state index contributed by atoms with van der Waals surface area (Å²) in [5.74, 6) is -0.379. The summed E-state index contributed by atoms with van der Waals surface area (Å²) in [6, 6.07) is 14.8. The molecule has 0 N–H and O–H groups in total. The second-order valence-corrected chi connectivity index (χ2v) is 6.19. The molecule has 2 amide bonds. The largest absolute Gasteiger partial charge is 0.374 e. The van der Waals surface area contributed by atoms with E-state index in [9.17, 15) is 9.59 Å². The lowest BCUT2D eigenvalue weighted by atomic mass is 9.84. The van der Waals surface area contributed by atoms with Crippen LogP contribution in [0, 0.1) is 0 Å². The molecular weight excluding hydrogens is 302 g/mol. The summed E-state index contributed by atoms with van der Waals surface area (Å²) < 4.78 is 5.85. The molecule has 4 heteroatoms. The monoisotopic (exact) mass is 321 g/mol. The Labute approximate surface area is 141 Å². The van der Waals surface area contributed by atoms with Crippen molar-refractivity contribution in [3.8, 4) is 0 Å². The van der Waals surface area contributed by atoms with Gasteiger partial charge < -0.3 is 4.74 Å². The fourth-order valence-corrected chi connectivity index (χ4v) is 3.86. The maximum atomic E-state index is 12.8. The van der Waals surface area contributed by atoms with E-state index in [1.165, 1.54) is 4.90 Å². The van der Waals surface area contributed by atoms with Gasteiger partial charge in [-0.3, -0.25) is 14.5 Å². The maximum absolute atomic E-state index is 12.8. The molecule has 4 nitrogen and oxygen atoms in total. The zero-order valence-corrected chi connectivity index (χ0v) is 13.6. The number of amides is 2. The third kappa shape index (κ3) is 2.18. The van der Waals surface area contributed by atoms with Crippen LogP contribution in [0.15, 0.2) is 48.5 Å². The standard InChI is InChI=1S/C20H19NO3/c1-2-24-18-12-11-17(13-7-3-4-8-14(13)18)21-19(22)15-9-5-6-10-16(15)20(21)23/h3-10,17-18H,2,11-12H2,1H3/t17-,18-/m0/s1. The Morgan fingerprint density at radius 1 is 0.917 bits per heavy atom. The van der Waals surface area contributed by atoms with Crippen molar-refractivity contribution in [1.82, 2.24) is 4.90 Å². The van der Waals surface area contributed by atoms with Crippen molar-refractivity contribution in [3.05, 3.63) is 70.8 Å². The van der Waals surface area contributed by atoms with E-state index in [2.05, 4.69) is 0 Å². The molecule has 24 heavy (non-hydrogen) atoms. The predicted molar refractivity (Wildman–Crippen MR) is 89.7 cm³/mol. The van der Waals surface area contributed by atoms with Crippen LogP contribution in [0.2, 0.25) is 0 Å². The van der Waals surface area contributed by atoms with Crippen molar-refractivity contribution in [2.24, 2.45) is 0 Å². The Morgan fingerprint density at radius 3 is 2.12 bits per heavy atom. The first-order chi connectivity index (χ1) is 11.7. The van der Waals surface area contributed by atoms with Gasteiger partial charge in [0.1, 0.15) is 0 Å². The normalized spacial score (nSPS) is 22.5. The summed E-state index contributed by atoms with van der Waals surface area (Å²) in [7, 11) is 0. The molecule has 0 fully saturated rings. The quantitative estimate of drug-likeness (QED) is 0.806. The first kappa shape index (κ1) is 15.1. The summed E-state index contributed by atoms with van der Waals surface area (Å²) in [6.07, 6.45) is 1.58. The number of benzene rings is 2. The second kappa shape index (κ2) is 5.87. The lowest BCUT2D eigenvalue weighted by Gasteiger charge is -2.35. The lowest BCUT2D eigenvalue weighted by molar-refractivity contribution is 0.0316. The Bertz CT molecular complexity index is 779. The fraction of sp³-hybridized carbons (Fsp3) is 0.300. The molecule has 1 aliphatic heterocycles. The fourth-order valence-electron chi connectivity index (χ4n) is 3.86. The van der Waals surface area contributed by atoms with Gasteiger partial charge in [0, 0.05) is 6.61 Å². The molecule has 4 rings (SSSR count). The van der Waals surface area contributed by atoms with E-state index in [0.717, 1.165) is 24.0 Å². The molecular formula is C20H19NO3. The molecule has 0 unspecified atom stereocenters. The minimum atomic E-state index is -0.217. The van der Waals surface area contributed by atoms with Crippen molar-refractivity contribution in [1.29, 1.82) is 0 Å². The predicted octanol–water partition coefficient (Wildman–Crippen LogP) is 3.90. The van der Waals surface area contributed by atoms with Gasteiger partial charge in [-0.1, -0.05) is 36.4 Å². The Morgan fingerprint density at radius 2 is 1.50 bits per heavy atom. The van der Waals surface area contributed by atoms with E-state index < -0.39 is 0 Å². The first-order valence-corrected chi connectivity index (χ1v) is 8.39. The number of ether oxygens (including phenoxy) is 1. The number of hydrogen-bond acceptors (Lipinski definition) is 3. The lowest BCUT2D eigenvalue weighted by Crippen LogP contribution is -2.36. The number of carbonyl (C=O) groups excluding carboxylic acids is 2. The number of nitrogens with zero attached hydrogens (tertiary/aromatic N) is 1. The van der Waals surface area contributed by atoms with Gasteiger partial charge in [0.25, 0.3) is 11.8 Å². The summed E-state index contributed by atoms with van der Waals surface area (Å²) >= 11 is 0. The van der Waals surface area contributed by atoms with E-state index in [0.29, 0.717) is 17.7 Å². The second-order valence-electron chi connectivity index (χ2n) is 6.19. The van der Waals surface area contributed by atoms with E-state index in [-0.39, 0.29) is 24.0 Å². The van der Waals surface area contributed by atoms with Crippen LogP contribution in [-0.2, 0) is 4.74 Å². The Kier molecular flexibility index (Phi) is 3.69. The molecule has 2 aromatic carbocycles. The highest BCUT2D eigenvalue weighted by atomic mass is 16.5. The van der Waals surface area contributed by atoms with Crippen LogP contribution < -0.4 is 0 Å². The number of fused-ring (bicyclic) bond motifs is 2. The van der Waals surface area contributed by atoms with Crippen LogP contribution in [0.5, 0.6) is 0 Å². The molecule has 0 aromatic heterocycles. The van der Waals surface area contributed by atoms with Crippen molar-refractivity contribution in [2.75, 3.05) is 6.61 Å². The third-order valence-electron chi connectivity index (χ3n) is 4.91. The first-order valence-electron chi connectivity index (χ1n) is 8.39. The minimum absolute atomic E-state index is 0.0395. The van der Waals surface area contributed by atoms with Gasteiger partial charge >= 0.3 is 0 Å². The van der Waals surface area contributed by atoms with E-state index in [1.807, 2.05) is 31.2 Å². The van der Waals surface area contributed by atoms with Crippen molar-refractivity contribution < 1.29 is 14.3 Å². The minimum Gasteiger partial charge on any atom is -0.374 e. The Balaban J connectivity index is 1.75. The molecule has 0 bridgehead atoms. The van der Waals surface area contributed by atoms with Crippen LogP contribution in [0.4, 0.5) is 0 Å². The number of carbonyl (C=O) groups is 2. The van der Waals surface area contributed by atoms with Crippen molar-refractivity contribution in [3.63, 3.8) is 0 Å². The molecule has 1 heterocycles. The number of rotatable bonds is 3. The smallest absolute Gasteiger partial charge is 0.262 e. The highest BCUT2D eigenvalue weighted by Gasteiger charge is 2.42. The van der Waals surface area contributed by atoms with Gasteiger partial charge in [0.2, 0.25) is 0 Å². The molecule has 122 valence electrons. The molecule has 0 saturated heterocycles. The highest BCUT2D eigenvalue weighted by molar-refractivity contribution is 6.21. The van der Waals surface area contributed by atoms with Crippen molar-refractivity contribution >= 4 is 11.8 Å². The van der Waals surface area contributed by atoms with Gasteiger partial charge in [-0.25, -0.2) is 0 Å². The van der Waals surface area contributed by atoms with Gasteiger partial charge in [-0.15, -0.1) is 0 Å². The summed E-state index contributed by atoms with van der Waals surface area (Å²) in [4.78, 5) is 27.0. The topological polar surface area (TPSA) is 46.6 Å². The van der Waals surface area contributed by atoms with Crippen molar-refractivity contribution in [2.45, 2.75) is 31.9 Å². The molecule has 2 atom stereocenters.